The maximum Gasteiger partial charge on any atom is 0.164 e. The van der Waals surface area contributed by atoms with Gasteiger partial charge in [0, 0.05) is 10.7 Å². The minimum Gasteiger partial charge on any atom is -0.279 e. The van der Waals surface area contributed by atoms with E-state index in [2.05, 4.69) is 41.8 Å². The molecule has 0 aliphatic heterocycles. The largest absolute Gasteiger partial charge is 0.279 e. The zero-order chi connectivity index (χ0) is 15.1. The van der Waals surface area contributed by atoms with E-state index in [-0.39, 0.29) is 11.7 Å². The molecular weight excluding hydrogens is 424 g/mol. The molecule has 108 valence electrons. The average Bonchev–Trinajstić information content (AvgIpc) is 2.80. The molecule has 0 unspecified atom stereocenters. The number of fused-ring (bicyclic) bond motifs is 1. The molecule has 1 aromatic carbocycles. The quantitative estimate of drug-likeness (QED) is 0.525. The molecule has 0 radical (unpaired) electrons. The van der Waals surface area contributed by atoms with E-state index in [4.69, 9.17) is 11.6 Å². The number of imidazole rings is 1. The Balaban J connectivity index is 2.36. The second-order valence-corrected chi connectivity index (χ2v) is 6.58. The first-order valence-corrected chi connectivity index (χ1v) is 8.18. The van der Waals surface area contributed by atoms with E-state index in [1.807, 2.05) is 17.6 Å². The maximum atomic E-state index is 13.6. The van der Waals surface area contributed by atoms with Crippen molar-refractivity contribution in [3.8, 4) is 5.69 Å². The number of benzene rings is 1. The van der Waals surface area contributed by atoms with Crippen LogP contribution in [-0.2, 0) is 5.88 Å². The lowest BCUT2D eigenvalue weighted by Crippen LogP contribution is -2.03. The van der Waals surface area contributed by atoms with Crippen LogP contribution in [0, 0.1) is 12.7 Å². The Bertz CT molecular complexity index is 848. The minimum absolute atomic E-state index is 0.239. The monoisotopic (exact) mass is 431 g/mol. The van der Waals surface area contributed by atoms with Gasteiger partial charge in [-0.1, -0.05) is 0 Å². The first-order valence-electron chi connectivity index (χ1n) is 6.06. The van der Waals surface area contributed by atoms with E-state index in [1.54, 1.807) is 12.3 Å². The van der Waals surface area contributed by atoms with Gasteiger partial charge in [0.05, 0.1) is 16.0 Å². The zero-order valence-corrected chi connectivity index (χ0v) is 14.8. The molecule has 3 rings (SSSR count). The van der Waals surface area contributed by atoms with Gasteiger partial charge >= 0.3 is 0 Å². The van der Waals surface area contributed by atoms with E-state index in [9.17, 15) is 4.39 Å². The molecule has 0 spiro atoms. The van der Waals surface area contributed by atoms with Crippen LogP contribution in [0.25, 0.3) is 16.9 Å². The van der Waals surface area contributed by atoms with Crippen LogP contribution in [0.5, 0.6) is 0 Å². The lowest BCUT2D eigenvalue weighted by molar-refractivity contribution is 0.619. The standard InChI is InChI=1S/C14H9Br2ClFN3/c1-7-2-10(18)9(16)4-12(7)21-13(5-17)20-11-3-8(15)6-19-14(11)21/h2-4,6H,5H2,1H3. The fraction of sp³-hybridized carbons (Fsp3) is 0.143. The van der Waals surface area contributed by atoms with Crippen LogP contribution >= 0.6 is 43.5 Å². The molecule has 3 nitrogen and oxygen atoms in total. The number of hydrogen-bond donors (Lipinski definition) is 0. The van der Waals surface area contributed by atoms with Crippen LogP contribution < -0.4 is 0 Å². The first-order chi connectivity index (χ1) is 10.0. The van der Waals surface area contributed by atoms with Crippen LogP contribution in [0.15, 0.2) is 33.3 Å². The van der Waals surface area contributed by atoms with Crippen LogP contribution in [0.4, 0.5) is 4.39 Å². The molecule has 0 saturated heterocycles. The normalized spacial score (nSPS) is 11.3. The Labute approximate surface area is 142 Å². The smallest absolute Gasteiger partial charge is 0.164 e. The number of hydrogen-bond acceptors (Lipinski definition) is 2. The van der Waals surface area contributed by atoms with Crippen molar-refractivity contribution in [1.82, 2.24) is 14.5 Å². The van der Waals surface area contributed by atoms with Gasteiger partial charge in [0.1, 0.15) is 17.2 Å². The Kier molecular flexibility index (Phi) is 4.03. The summed E-state index contributed by atoms with van der Waals surface area (Å²) in [6, 6.07) is 5.07. The molecule has 0 bridgehead atoms. The van der Waals surface area contributed by atoms with Crippen molar-refractivity contribution in [3.63, 3.8) is 0 Å². The molecule has 0 amide bonds. The van der Waals surface area contributed by atoms with E-state index in [0.717, 1.165) is 21.2 Å². The van der Waals surface area contributed by atoms with Crippen LogP contribution in [-0.4, -0.2) is 14.5 Å². The highest BCUT2D eigenvalue weighted by Gasteiger charge is 2.16. The third-order valence-electron chi connectivity index (χ3n) is 3.13. The van der Waals surface area contributed by atoms with Crippen LogP contribution in [0.3, 0.4) is 0 Å². The van der Waals surface area contributed by atoms with Gasteiger partial charge in [-0.05, 0) is 62.5 Å². The molecule has 0 fully saturated rings. The minimum atomic E-state index is -0.302. The lowest BCUT2D eigenvalue weighted by atomic mass is 10.2. The number of nitrogens with zero attached hydrogens (tertiary/aromatic N) is 3. The Morgan fingerprint density at radius 1 is 1.29 bits per heavy atom. The van der Waals surface area contributed by atoms with Gasteiger partial charge in [0.2, 0.25) is 0 Å². The molecular formula is C14H9Br2ClFN3. The van der Waals surface area contributed by atoms with Crippen molar-refractivity contribution in [1.29, 1.82) is 0 Å². The third kappa shape index (κ3) is 2.60. The van der Waals surface area contributed by atoms with E-state index >= 15 is 0 Å². The SMILES string of the molecule is Cc1cc(F)c(Br)cc1-n1c(CCl)nc2cc(Br)cnc21. The summed E-state index contributed by atoms with van der Waals surface area (Å²) in [5, 5.41) is 0. The van der Waals surface area contributed by atoms with Crippen molar-refractivity contribution >= 4 is 54.6 Å². The lowest BCUT2D eigenvalue weighted by Gasteiger charge is -2.11. The Morgan fingerprint density at radius 3 is 2.76 bits per heavy atom. The summed E-state index contributed by atoms with van der Waals surface area (Å²) >= 11 is 12.6. The highest BCUT2D eigenvalue weighted by atomic mass is 79.9. The predicted molar refractivity (Wildman–Crippen MR) is 88.5 cm³/mol. The van der Waals surface area contributed by atoms with Crippen molar-refractivity contribution in [3.05, 3.63) is 50.5 Å². The summed E-state index contributed by atoms with van der Waals surface area (Å²) in [5.41, 5.74) is 3.01. The number of rotatable bonds is 2. The molecule has 3 aromatic rings. The molecule has 0 N–H and O–H groups in total. The van der Waals surface area contributed by atoms with E-state index in [0.29, 0.717) is 15.9 Å². The van der Waals surface area contributed by atoms with Crippen molar-refractivity contribution in [2.75, 3.05) is 0 Å². The summed E-state index contributed by atoms with van der Waals surface area (Å²) in [6.07, 6.45) is 1.70. The van der Waals surface area contributed by atoms with Crippen molar-refractivity contribution < 1.29 is 4.39 Å². The third-order valence-corrected chi connectivity index (χ3v) is 4.41. The number of aryl methyl sites for hydroxylation is 1. The number of alkyl halides is 1. The number of aromatic nitrogens is 3. The van der Waals surface area contributed by atoms with E-state index < -0.39 is 0 Å². The fourth-order valence-corrected chi connectivity index (χ4v) is 3.04. The molecule has 2 heterocycles. The van der Waals surface area contributed by atoms with Gasteiger partial charge in [0.25, 0.3) is 0 Å². The Hall–Kier alpha value is -0.980. The summed E-state index contributed by atoms with van der Waals surface area (Å²) < 4.78 is 16.7. The molecule has 2 aromatic heterocycles. The summed E-state index contributed by atoms with van der Waals surface area (Å²) in [6.45, 7) is 1.84. The van der Waals surface area contributed by atoms with Crippen LogP contribution in [0.1, 0.15) is 11.4 Å². The van der Waals surface area contributed by atoms with Gasteiger partial charge in [-0.3, -0.25) is 4.57 Å². The second-order valence-electron chi connectivity index (χ2n) is 4.55. The molecule has 0 aliphatic carbocycles. The summed E-state index contributed by atoms with van der Waals surface area (Å²) in [4.78, 5) is 8.90. The van der Waals surface area contributed by atoms with Crippen molar-refractivity contribution in [2.24, 2.45) is 0 Å². The highest BCUT2D eigenvalue weighted by molar-refractivity contribution is 9.10. The first kappa shape index (κ1) is 14.9. The number of pyridine rings is 1. The average molecular weight is 434 g/mol. The summed E-state index contributed by atoms with van der Waals surface area (Å²) in [5.74, 6) is 0.602. The maximum absolute atomic E-state index is 13.6. The van der Waals surface area contributed by atoms with Gasteiger partial charge in [-0.2, -0.15) is 0 Å². The Morgan fingerprint density at radius 2 is 2.05 bits per heavy atom. The van der Waals surface area contributed by atoms with Gasteiger partial charge < -0.3 is 0 Å². The van der Waals surface area contributed by atoms with Gasteiger partial charge in [-0.15, -0.1) is 11.6 Å². The molecule has 21 heavy (non-hydrogen) atoms. The molecule has 0 atom stereocenters. The molecule has 7 heteroatoms. The number of halogens is 4. The highest BCUT2D eigenvalue weighted by Crippen LogP contribution is 2.28. The van der Waals surface area contributed by atoms with Gasteiger partial charge in [0.15, 0.2) is 5.65 Å². The van der Waals surface area contributed by atoms with E-state index in [1.165, 1.54) is 6.07 Å². The summed E-state index contributed by atoms with van der Waals surface area (Å²) in [7, 11) is 0. The molecule has 0 saturated carbocycles. The van der Waals surface area contributed by atoms with Gasteiger partial charge in [-0.25, -0.2) is 14.4 Å². The zero-order valence-electron chi connectivity index (χ0n) is 10.9. The van der Waals surface area contributed by atoms with Crippen LogP contribution in [0.2, 0.25) is 0 Å². The molecule has 0 aliphatic rings. The topological polar surface area (TPSA) is 30.7 Å². The fourth-order valence-electron chi connectivity index (χ4n) is 2.21. The predicted octanol–water partition coefficient (Wildman–Crippen LogP) is 5.13. The second kappa shape index (κ2) is 5.66. The van der Waals surface area contributed by atoms with Crippen molar-refractivity contribution in [2.45, 2.75) is 12.8 Å².